The van der Waals surface area contributed by atoms with Gasteiger partial charge in [0.15, 0.2) is 0 Å². The minimum absolute atomic E-state index is 0.656. The van der Waals surface area contributed by atoms with Crippen LogP contribution in [0.3, 0.4) is 0 Å². The van der Waals surface area contributed by atoms with Gasteiger partial charge >= 0.3 is 0 Å². The summed E-state index contributed by atoms with van der Waals surface area (Å²) in [7, 11) is 0. The fourth-order valence-electron chi connectivity index (χ4n) is 4.01. The normalized spacial score (nSPS) is 11.2. The topological polar surface area (TPSA) is 36.9 Å². The van der Waals surface area contributed by atoms with Gasteiger partial charge in [0.2, 0.25) is 0 Å². The molecule has 4 nitrogen and oxygen atoms in total. The predicted molar refractivity (Wildman–Crippen MR) is 143 cm³/mol. The van der Waals surface area contributed by atoms with Crippen LogP contribution >= 0.6 is 0 Å². The Labute approximate surface area is 205 Å². The summed E-state index contributed by atoms with van der Waals surface area (Å²) in [5.74, 6) is 3.44. The molecular formula is C30H42O4. The zero-order valence-electron chi connectivity index (χ0n) is 21.6. The van der Waals surface area contributed by atoms with Gasteiger partial charge in [0.1, 0.15) is 23.0 Å². The molecule has 0 N–H and O–H groups in total. The Morgan fingerprint density at radius 3 is 1.26 bits per heavy atom. The number of fused-ring (bicyclic) bond motifs is 2. The summed E-state index contributed by atoms with van der Waals surface area (Å²) in [6.07, 6.45) is 8.39. The fraction of sp³-hybridized carbons (Fsp3) is 0.533. The van der Waals surface area contributed by atoms with Crippen molar-refractivity contribution in [3.05, 3.63) is 36.4 Å². The summed E-state index contributed by atoms with van der Waals surface area (Å²) in [5.41, 5.74) is 0. The molecule has 0 spiro atoms. The van der Waals surface area contributed by atoms with E-state index in [0.717, 1.165) is 95.9 Å². The molecule has 0 amide bonds. The molecule has 186 valence electrons. The van der Waals surface area contributed by atoms with Crippen molar-refractivity contribution in [1.82, 2.24) is 0 Å². The number of ether oxygens (including phenoxy) is 4. The highest BCUT2D eigenvalue weighted by atomic mass is 16.5. The van der Waals surface area contributed by atoms with Crippen LogP contribution in [-0.2, 0) is 0 Å². The molecule has 34 heavy (non-hydrogen) atoms. The van der Waals surface area contributed by atoms with Crippen molar-refractivity contribution in [3.8, 4) is 23.0 Å². The van der Waals surface area contributed by atoms with Crippen LogP contribution in [0.15, 0.2) is 36.4 Å². The van der Waals surface area contributed by atoms with Gasteiger partial charge in [0.05, 0.1) is 37.2 Å². The van der Waals surface area contributed by atoms with Crippen molar-refractivity contribution in [2.45, 2.75) is 79.1 Å². The van der Waals surface area contributed by atoms with Crippen LogP contribution in [0.2, 0.25) is 0 Å². The molecule has 0 saturated carbocycles. The van der Waals surface area contributed by atoms with E-state index in [2.05, 4.69) is 52.0 Å². The van der Waals surface area contributed by atoms with E-state index >= 15 is 0 Å². The molecule has 0 saturated heterocycles. The highest BCUT2D eigenvalue weighted by Crippen LogP contribution is 2.49. The molecule has 0 heterocycles. The van der Waals surface area contributed by atoms with Gasteiger partial charge < -0.3 is 18.9 Å². The van der Waals surface area contributed by atoms with E-state index in [4.69, 9.17) is 18.9 Å². The van der Waals surface area contributed by atoms with Crippen LogP contribution in [0.25, 0.3) is 21.5 Å². The van der Waals surface area contributed by atoms with E-state index in [-0.39, 0.29) is 0 Å². The highest BCUT2D eigenvalue weighted by molar-refractivity contribution is 6.15. The Bertz CT molecular complexity index is 956. The lowest BCUT2D eigenvalue weighted by Crippen LogP contribution is -2.05. The lowest BCUT2D eigenvalue weighted by molar-refractivity contribution is 0.297. The molecule has 0 fully saturated rings. The van der Waals surface area contributed by atoms with Crippen LogP contribution in [-0.4, -0.2) is 26.4 Å². The first-order chi connectivity index (χ1) is 16.8. The minimum Gasteiger partial charge on any atom is -0.493 e. The zero-order chi connectivity index (χ0) is 24.2. The zero-order valence-corrected chi connectivity index (χ0v) is 21.6. The Balaban J connectivity index is 2.27. The van der Waals surface area contributed by atoms with Crippen molar-refractivity contribution in [2.75, 3.05) is 26.4 Å². The highest BCUT2D eigenvalue weighted by Gasteiger charge is 2.22. The SMILES string of the molecule is CCCCOc1c2cccc(OCCCC)c2c(OCCCC)c2c(OCCCC)cccc12. The van der Waals surface area contributed by atoms with Crippen molar-refractivity contribution in [2.24, 2.45) is 0 Å². The Hall–Kier alpha value is -2.62. The number of rotatable bonds is 16. The van der Waals surface area contributed by atoms with Gasteiger partial charge in [-0.05, 0) is 37.8 Å². The maximum atomic E-state index is 6.53. The van der Waals surface area contributed by atoms with Gasteiger partial charge in [0, 0.05) is 10.8 Å². The molecule has 3 rings (SSSR count). The monoisotopic (exact) mass is 466 g/mol. The molecule has 0 aliphatic carbocycles. The second kappa shape index (κ2) is 13.9. The van der Waals surface area contributed by atoms with Crippen molar-refractivity contribution >= 4 is 21.5 Å². The van der Waals surface area contributed by atoms with Crippen molar-refractivity contribution in [1.29, 1.82) is 0 Å². The number of unbranched alkanes of at least 4 members (excludes halogenated alkanes) is 4. The van der Waals surface area contributed by atoms with Crippen molar-refractivity contribution in [3.63, 3.8) is 0 Å². The van der Waals surface area contributed by atoms with Crippen LogP contribution < -0.4 is 18.9 Å². The van der Waals surface area contributed by atoms with Gasteiger partial charge in [-0.2, -0.15) is 0 Å². The standard InChI is InChI=1S/C30H42O4/c1-5-9-19-31-25-17-13-15-23-27(25)30(34-22-12-8-4)28-24(29(23)33-21-11-7-3)16-14-18-26(28)32-20-10-6-2/h13-18H,5-12,19-22H2,1-4H3. The Kier molecular flexibility index (Phi) is 10.7. The first-order valence-electron chi connectivity index (χ1n) is 13.3. The molecule has 0 aliphatic rings. The van der Waals surface area contributed by atoms with E-state index < -0.39 is 0 Å². The molecule has 4 heteroatoms. The number of hydrogen-bond donors (Lipinski definition) is 0. The number of benzene rings is 3. The summed E-state index contributed by atoms with van der Waals surface area (Å²) < 4.78 is 25.6. The molecular weight excluding hydrogens is 424 g/mol. The Morgan fingerprint density at radius 2 is 0.853 bits per heavy atom. The second-order valence-electron chi connectivity index (χ2n) is 8.82. The van der Waals surface area contributed by atoms with Crippen LogP contribution in [0.1, 0.15) is 79.1 Å². The Morgan fingerprint density at radius 1 is 0.471 bits per heavy atom. The largest absolute Gasteiger partial charge is 0.493 e. The lowest BCUT2D eigenvalue weighted by atomic mass is 9.99. The third-order valence-electron chi connectivity index (χ3n) is 6.00. The fourth-order valence-corrected chi connectivity index (χ4v) is 4.01. The maximum Gasteiger partial charge on any atom is 0.142 e. The molecule has 0 aromatic heterocycles. The smallest absolute Gasteiger partial charge is 0.142 e. The first kappa shape index (κ1) is 26.0. The predicted octanol–water partition coefficient (Wildman–Crippen LogP) is 8.71. The quantitative estimate of drug-likeness (QED) is 0.156. The van der Waals surface area contributed by atoms with Crippen LogP contribution in [0.5, 0.6) is 23.0 Å². The average Bonchev–Trinajstić information content (AvgIpc) is 2.85. The van der Waals surface area contributed by atoms with E-state index in [1.165, 1.54) is 0 Å². The average molecular weight is 467 g/mol. The van der Waals surface area contributed by atoms with E-state index in [9.17, 15) is 0 Å². The molecule has 0 unspecified atom stereocenters. The second-order valence-corrected chi connectivity index (χ2v) is 8.82. The summed E-state index contributed by atoms with van der Waals surface area (Å²) in [6, 6.07) is 12.5. The third-order valence-corrected chi connectivity index (χ3v) is 6.00. The molecule has 0 atom stereocenters. The van der Waals surface area contributed by atoms with Gasteiger partial charge in [-0.3, -0.25) is 0 Å². The molecule has 3 aromatic carbocycles. The van der Waals surface area contributed by atoms with Crippen molar-refractivity contribution < 1.29 is 18.9 Å². The lowest BCUT2D eigenvalue weighted by Gasteiger charge is -2.21. The summed E-state index contributed by atoms with van der Waals surface area (Å²) >= 11 is 0. The minimum atomic E-state index is 0.656. The summed E-state index contributed by atoms with van der Waals surface area (Å²) in [4.78, 5) is 0. The van der Waals surface area contributed by atoms with E-state index in [1.54, 1.807) is 0 Å². The first-order valence-corrected chi connectivity index (χ1v) is 13.3. The van der Waals surface area contributed by atoms with Gasteiger partial charge in [-0.25, -0.2) is 0 Å². The van der Waals surface area contributed by atoms with Crippen LogP contribution in [0, 0.1) is 0 Å². The number of hydrogen-bond acceptors (Lipinski definition) is 4. The third kappa shape index (κ3) is 6.28. The maximum absolute atomic E-state index is 6.53. The molecule has 0 radical (unpaired) electrons. The molecule has 3 aromatic rings. The summed E-state index contributed by atoms with van der Waals surface area (Å²) in [5, 5.41) is 4.05. The molecule has 0 aliphatic heterocycles. The van der Waals surface area contributed by atoms with Gasteiger partial charge in [-0.15, -0.1) is 0 Å². The molecule has 0 bridgehead atoms. The van der Waals surface area contributed by atoms with E-state index in [1.807, 2.05) is 12.1 Å². The summed E-state index contributed by atoms with van der Waals surface area (Å²) in [6.45, 7) is 11.4. The van der Waals surface area contributed by atoms with E-state index in [0.29, 0.717) is 26.4 Å². The van der Waals surface area contributed by atoms with Gasteiger partial charge in [0.25, 0.3) is 0 Å². The van der Waals surface area contributed by atoms with Crippen LogP contribution in [0.4, 0.5) is 0 Å². The van der Waals surface area contributed by atoms with Gasteiger partial charge in [-0.1, -0.05) is 77.6 Å².